The highest BCUT2D eigenvalue weighted by atomic mass is 28.3. The molecule has 72 valence electrons. The molecule has 4 radical (unpaired) electrons. The fraction of sp³-hybridized carbons (Fsp3) is 0.625. The number of carbonyl (C=O) groups is 1. The van der Waals surface area contributed by atoms with Crippen molar-refractivity contribution in [3.05, 3.63) is 12.2 Å². The normalized spacial score (nSPS) is 12.2. The van der Waals surface area contributed by atoms with Crippen LogP contribution in [0.3, 0.4) is 0 Å². The van der Waals surface area contributed by atoms with Crippen LogP contribution in [0, 0.1) is 0 Å². The minimum atomic E-state index is -0.331. The van der Waals surface area contributed by atoms with Gasteiger partial charge in [-0.05, 0) is 19.9 Å². The van der Waals surface area contributed by atoms with Crippen LogP contribution in [0.4, 0.5) is 0 Å². The molecule has 0 saturated carbocycles. The van der Waals surface area contributed by atoms with Crippen molar-refractivity contribution in [3.8, 4) is 0 Å². The zero-order valence-corrected chi connectivity index (χ0v) is 10.2. The van der Waals surface area contributed by atoms with E-state index in [0.717, 1.165) is 6.42 Å². The maximum atomic E-state index is 11.1. The lowest BCUT2D eigenvalue weighted by atomic mass is 10.4. The zero-order valence-electron chi connectivity index (χ0n) is 8.22. The van der Waals surface area contributed by atoms with Gasteiger partial charge in [0.25, 0.3) is 9.76 Å². The molecule has 0 fully saturated rings. The molecule has 0 heterocycles. The smallest absolute Gasteiger partial charge is 0.333 e. The van der Waals surface area contributed by atoms with Crippen molar-refractivity contribution in [2.75, 3.05) is 0 Å². The van der Waals surface area contributed by atoms with E-state index in [4.69, 9.17) is 8.85 Å². The molecule has 5 heteroatoms. The molecule has 0 aromatic carbocycles. The average Bonchev–Trinajstić information content (AvgIpc) is 2.11. The molecular formula is C8H14O3Si2. The van der Waals surface area contributed by atoms with Crippen LogP contribution in [0.5, 0.6) is 0 Å². The molecule has 13 heavy (non-hydrogen) atoms. The summed E-state index contributed by atoms with van der Waals surface area (Å²) in [5, 5.41) is 0. The highest BCUT2D eigenvalue weighted by Crippen LogP contribution is 2.01. The number of ether oxygens (including phenoxy) is 1. The topological polar surface area (TPSA) is 35.5 Å². The Morgan fingerprint density at radius 2 is 2.23 bits per heavy atom. The molecule has 0 rings (SSSR count). The summed E-state index contributed by atoms with van der Waals surface area (Å²) in [6.45, 7) is 9.06. The third-order valence-electron chi connectivity index (χ3n) is 1.26. The lowest BCUT2D eigenvalue weighted by Gasteiger charge is -2.13. The Hall–Kier alpha value is -0.396. The summed E-state index contributed by atoms with van der Waals surface area (Å²) in [6.07, 6.45) is 0.780. The summed E-state index contributed by atoms with van der Waals surface area (Å²) in [6, 6.07) is 0. The van der Waals surface area contributed by atoms with Gasteiger partial charge in [-0.2, -0.15) is 0 Å². The highest BCUT2D eigenvalue weighted by molar-refractivity contribution is 6.42. The summed E-state index contributed by atoms with van der Waals surface area (Å²) >= 11 is 0. The predicted octanol–water partition coefficient (Wildman–Crippen LogP) is 1.14. The number of esters is 1. The first-order valence-electron chi connectivity index (χ1n) is 4.06. The number of hydrogen-bond donors (Lipinski definition) is 0. The molecule has 0 N–H and O–H groups in total. The van der Waals surface area contributed by atoms with Crippen LogP contribution in [-0.2, 0) is 13.6 Å². The summed E-state index contributed by atoms with van der Waals surface area (Å²) in [4.78, 5) is 11.1. The lowest BCUT2D eigenvalue weighted by molar-refractivity contribution is -0.141. The fourth-order valence-electron chi connectivity index (χ4n) is 0.545. The summed E-state index contributed by atoms with van der Waals surface area (Å²) in [5.74, 6) is -0.331. The molecule has 3 nitrogen and oxygen atoms in total. The van der Waals surface area contributed by atoms with Crippen LogP contribution in [0.2, 0.25) is 6.55 Å². The first-order valence-corrected chi connectivity index (χ1v) is 6.45. The van der Waals surface area contributed by atoms with E-state index >= 15 is 0 Å². The first-order chi connectivity index (χ1) is 6.11. The Balaban J connectivity index is 3.83. The molecule has 1 atom stereocenters. The first kappa shape index (κ1) is 12.6. The second-order valence-corrected chi connectivity index (χ2v) is 4.61. The van der Waals surface area contributed by atoms with Crippen molar-refractivity contribution in [2.45, 2.75) is 32.5 Å². The summed E-state index contributed by atoms with van der Waals surface area (Å²) in [7, 11) is 0.680. The van der Waals surface area contributed by atoms with E-state index in [1.54, 1.807) is 6.92 Å². The van der Waals surface area contributed by atoms with Crippen LogP contribution in [0.1, 0.15) is 20.3 Å². The van der Waals surface area contributed by atoms with Gasteiger partial charge in [-0.3, -0.25) is 0 Å². The largest absolute Gasteiger partial charge is 0.460 e. The van der Waals surface area contributed by atoms with Gasteiger partial charge in [-0.1, -0.05) is 13.5 Å². The van der Waals surface area contributed by atoms with Gasteiger partial charge in [-0.25, -0.2) is 4.79 Å². The molecule has 0 bridgehead atoms. The monoisotopic (exact) mass is 214 g/mol. The van der Waals surface area contributed by atoms with Crippen molar-refractivity contribution in [2.24, 2.45) is 0 Å². The Morgan fingerprint density at radius 1 is 1.62 bits per heavy atom. The molecule has 0 aliphatic rings. The van der Waals surface area contributed by atoms with E-state index in [1.165, 1.54) is 0 Å². The van der Waals surface area contributed by atoms with E-state index in [0.29, 0.717) is 15.3 Å². The van der Waals surface area contributed by atoms with Crippen molar-refractivity contribution in [1.29, 1.82) is 0 Å². The van der Waals surface area contributed by atoms with Gasteiger partial charge in [-0.15, -0.1) is 0 Å². The summed E-state index contributed by atoms with van der Waals surface area (Å²) in [5.41, 5.74) is 0.318. The van der Waals surface area contributed by atoms with E-state index < -0.39 is 0 Å². The van der Waals surface area contributed by atoms with Crippen LogP contribution >= 0.6 is 0 Å². The maximum absolute atomic E-state index is 11.1. The fourth-order valence-corrected chi connectivity index (χ4v) is 1.86. The van der Waals surface area contributed by atoms with E-state index in [1.807, 2.05) is 13.5 Å². The number of carbonyl (C=O) groups excluding carboxylic acids is 1. The van der Waals surface area contributed by atoms with Crippen molar-refractivity contribution in [1.82, 2.24) is 0 Å². The second kappa shape index (κ2) is 7.05. The second-order valence-electron chi connectivity index (χ2n) is 2.51. The Kier molecular flexibility index (Phi) is 6.84. The van der Waals surface area contributed by atoms with Crippen LogP contribution in [0.25, 0.3) is 0 Å². The molecule has 1 unspecified atom stereocenters. The van der Waals surface area contributed by atoms with Gasteiger partial charge in [0.15, 0.2) is 0 Å². The molecular weight excluding hydrogens is 200 g/mol. The number of rotatable bonds is 6. The van der Waals surface area contributed by atoms with Gasteiger partial charge < -0.3 is 8.85 Å². The number of hydrogen-bond acceptors (Lipinski definition) is 3. The molecule has 0 saturated heterocycles. The molecule has 0 spiro atoms. The minimum absolute atomic E-state index is 0.114. The van der Waals surface area contributed by atoms with Gasteiger partial charge in [0.2, 0.25) is 9.76 Å². The molecule has 0 aromatic rings. The van der Waals surface area contributed by atoms with Crippen molar-refractivity contribution in [3.63, 3.8) is 0 Å². The molecule has 0 aromatic heterocycles. The molecule has 0 amide bonds. The lowest BCUT2D eigenvalue weighted by Crippen LogP contribution is -2.26. The van der Waals surface area contributed by atoms with Crippen molar-refractivity contribution < 1.29 is 13.6 Å². The maximum Gasteiger partial charge on any atom is 0.333 e. The highest BCUT2D eigenvalue weighted by Gasteiger charge is 2.14. The minimum Gasteiger partial charge on any atom is -0.460 e. The third kappa shape index (κ3) is 5.78. The van der Waals surface area contributed by atoms with E-state index in [9.17, 15) is 4.79 Å². The van der Waals surface area contributed by atoms with Gasteiger partial charge in [0, 0.05) is 5.57 Å². The van der Waals surface area contributed by atoms with Crippen molar-refractivity contribution >= 4 is 25.5 Å². The Labute approximate surface area is 84.4 Å². The van der Waals surface area contributed by atoms with Crippen LogP contribution < -0.4 is 0 Å². The van der Waals surface area contributed by atoms with E-state index in [2.05, 4.69) is 6.58 Å². The van der Waals surface area contributed by atoms with E-state index in [-0.39, 0.29) is 21.5 Å². The van der Waals surface area contributed by atoms with Crippen LogP contribution in [-0.4, -0.2) is 31.2 Å². The van der Waals surface area contributed by atoms with Gasteiger partial charge in [0.1, 0.15) is 5.73 Å². The Bertz CT molecular complexity index is 182. The SMILES string of the molecule is C=C(C)C(=O)OC(CC)[Si]O[Si]C. The molecule has 0 aliphatic carbocycles. The van der Waals surface area contributed by atoms with Crippen LogP contribution in [0.15, 0.2) is 12.2 Å². The quantitative estimate of drug-likeness (QED) is 0.378. The van der Waals surface area contributed by atoms with Gasteiger partial charge >= 0.3 is 5.97 Å². The van der Waals surface area contributed by atoms with Gasteiger partial charge in [0.05, 0.1) is 0 Å². The summed E-state index contributed by atoms with van der Waals surface area (Å²) < 4.78 is 10.3. The molecule has 0 aliphatic heterocycles. The predicted molar refractivity (Wildman–Crippen MR) is 53.4 cm³/mol. The average molecular weight is 214 g/mol. The third-order valence-corrected chi connectivity index (χ3v) is 3.34. The zero-order chi connectivity index (χ0) is 10.3. The Morgan fingerprint density at radius 3 is 2.62 bits per heavy atom. The standard InChI is InChI=1S/C8H14O3Si2/c1-5-7(13-11-12-4)10-8(9)6(2)3/h7H,2,5H2,1,3-4H3.